The number of unbranched alkanes of at least 4 members (excludes halogenated alkanes) is 7. The highest BCUT2D eigenvalue weighted by Gasteiger charge is 1.95. The van der Waals surface area contributed by atoms with Crippen LogP contribution >= 0.6 is 0 Å². The van der Waals surface area contributed by atoms with E-state index in [0.29, 0.717) is 6.42 Å². The number of carboxylic acids is 1. The second-order valence-corrected chi connectivity index (χ2v) is 5.08. The molecule has 0 unspecified atom stereocenters. The van der Waals surface area contributed by atoms with Crippen molar-refractivity contribution in [1.29, 1.82) is 0 Å². The van der Waals surface area contributed by atoms with Gasteiger partial charge < -0.3 is 5.11 Å². The zero-order chi connectivity index (χ0) is 14.9. The quantitative estimate of drug-likeness (QED) is 0.348. The molecule has 0 heterocycles. The summed E-state index contributed by atoms with van der Waals surface area (Å²) in [5.41, 5.74) is 0. The summed E-state index contributed by atoms with van der Waals surface area (Å²) in [5, 5.41) is 8.50. The van der Waals surface area contributed by atoms with Crippen LogP contribution in [0.2, 0.25) is 0 Å². The first-order valence-electron chi connectivity index (χ1n) is 7.97. The van der Waals surface area contributed by atoms with Gasteiger partial charge in [0.1, 0.15) is 0 Å². The normalized spacial score (nSPS) is 12.1. The Hall–Kier alpha value is -1.31. The van der Waals surface area contributed by atoms with Gasteiger partial charge in [-0.2, -0.15) is 0 Å². The molecule has 0 fully saturated rings. The molecule has 0 aromatic heterocycles. The van der Waals surface area contributed by atoms with Gasteiger partial charge in [-0.05, 0) is 25.7 Å². The molecular formula is C18H30O2. The standard InChI is InChI=1S/C18H30O2/c1-2-3-4-5-6-7-8-9-10-11-12-13-14-15-16-17-18(19)20/h4-9H,2-3,10-17H2,1H3,(H,19,20)/b5-4+,7-6-,9-8+. The molecule has 2 heteroatoms. The summed E-state index contributed by atoms with van der Waals surface area (Å²) >= 11 is 0. The van der Waals surface area contributed by atoms with Crippen LogP contribution in [0.15, 0.2) is 36.5 Å². The number of hydrogen-bond acceptors (Lipinski definition) is 1. The maximum absolute atomic E-state index is 10.3. The summed E-state index contributed by atoms with van der Waals surface area (Å²) in [6.07, 6.45) is 23.3. The van der Waals surface area contributed by atoms with E-state index < -0.39 is 5.97 Å². The minimum Gasteiger partial charge on any atom is -0.481 e. The molecule has 0 spiro atoms. The summed E-state index contributed by atoms with van der Waals surface area (Å²) in [7, 11) is 0. The zero-order valence-electron chi connectivity index (χ0n) is 12.9. The molecule has 20 heavy (non-hydrogen) atoms. The number of aliphatic carboxylic acids is 1. The minimum atomic E-state index is -0.673. The molecule has 114 valence electrons. The second kappa shape index (κ2) is 15.7. The lowest BCUT2D eigenvalue weighted by atomic mass is 10.1. The molecule has 0 aliphatic carbocycles. The Morgan fingerprint density at radius 3 is 1.95 bits per heavy atom. The summed E-state index contributed by atoms with van der Waals surface area (Å²) in [6.45, 7) is 2.18. The molecule has 0 saturated heterocycles. The predicted octanol–water partition coefficient (Wildman–Crippen LogP) is 5.66. The molecule has 2 nitrogen and oxygen atoms in total. The van der Waals surface area contributed by atoms with Crippen molar-refractivity contribution in [2.75, 3.05) is 0 Å². The van der Waals surface area contributed by atoms with Gasteiger partial charge in [-0.1, -0.05) is 75.5 Å². The molecule has 0 aliphatic heterocycles. The maximum atomic E-state index is 10.3. The van der Waals surface area contributed by atoms with Crippen LogP contribution in [0.5, 0.6) is 0 Å². The van der Waals surface area contributed by atoms with E-state index in [-0.39, 0.29) is 0 Å². The van der Waals surface area contributed by atoms with Gasteiger partial charge in [0.2, 0.25) is 0 Å². The lowest BCUT2D eigenvalue weighted by molar-refractivity contribution is -0.137. The Balaban J connectivity index is 3.25. The van der Waals surface area contributed by atoms with Gasteiger partial charge in [0.15, 0.2) is 0 Å². The van der Waals surface area contributed by atoms with Gasteiger partial charge >= 0.3 is 5.97 Å². The van der Waals surface area contributed by atoms with E-state index in [2.05, 4.69) is 43.4 Å². The van der Waals surface area contributed by atoms with E-state index in [0.717, 1.165) is 25.7 Å². The van der Waals surface area contributed by atoms with E-state index in [1.165, 1.54) is 32.1 Å². The monoisotopic (exact) mass is 278 g/mol. The van der Waals surface area contributed by atoms with Crippen LogP contribution in [-0.2, 0) is 4.79 Å². The maximum Gasteiger partial charge on any atom is 0.303 e. The van der Waals surface area contributed by atoms with Gasteiger partial charge in [-0.3, -0.25) is 4.79 Å². The Bertz CT molecular complexity index is 301. The van der Waals surface area contributed by atoms with E-state index >= 15 is 0 Å². The summed E-state index contributed by atoms with van der Waals surface area (Å²) in [6, 6.07) is 0. The van der Waals surface area contributed by atoms with Crippen molar-refractivity contribution in [2.24, 2.45) is 0 Å². The Morgan fingerprint density at radius 1 is 0.800 bits per heavy atom. The van der Waals surface area contributed by atoms with Crippen molar-refractivity contribution < 1.29 is 9.90 Å². The molecule has 0 atom stereocenters. The number of allylic oxidation sites excluding steroid dienone is 6. The molecule has 0 rings (SSSR count). The number of carbonyl (C=O) groups is 1. The largest absolute Gasteiger partial charge is 0.481 e. The van der Waals surface area contributed by atoms with Crippen molar-refractivity contribution in [2.45, 2.75) is 71.1 Å². The highest BCUT2D eigenvalue weighted by Crippen LogP contribution is 2.08. The van der Waals surface area contributed by atoms with Crippen LogP contribution in [0.3, 0.4) is 0 Å². The fourth-order valence-electron chi connectivity index (χ4n) is 1.89. The first-order chi connectivity index (χ1) is 9.77. The highest BCUT2D eigenvalue weighted by molar-refractivity contribution is 5.66. The fraction of sp³-hybridized carbons (Fsp3) is 0.611. The van der Waals surface area contributed by atoms with E-state index in [4.69, 9.17) is 5.11 Å². The molecule has 0 aliphatic rings. The van der Waals surface area contributed by atoms with Crippen molar-refractivity contribution in [3.63, 3.8) is 0 Å². The summed E-state index contributed by atoms with van der Waals surface area (Å²) in [5.74, 6) is -0.673. The third-order valence-electron chi connectivity index (χ3n) is 3.07. The van der Waals surface area contributed by atoms with Crippen molar-refractivity contribution in [3.05, 3.63) is 36.5 Å². The molecular weight excluding hydrogens is 248 g/mol. The number of carboxylic acid groups (broad SMARTS) is 1. The van der Waals surface area contributed by atoms with Crippen LogP contribution in [0.1, 0.15) is 71.1 Å². The first kappa shape index (κ1) is 18.7. The SMILES string of the molecule is CCC/C=C/C=C\C=C\CCCCCCCCC(=O)O. The topological polar surface area (TPSA) is 37.3 Å². The van der Waals surface area contributed by atoms with Crippen LogP contribution in [0.25, 0.3) is 0 Å². The lowest BCUT2D eigenvalue weighted by Gasteiger charge is -1.99. The second-order valence-electron chi connectivity index (χ2n) is 5.08. The van der Waals surface area contributed by atoms with Crippen LogP contribution in [0.4, 0.5) is 0 Å². The third-order valence-corrected chi connectivity index (χ3v) is 3.07. The minimum absolute atomic E-state index is 0.321. The van der Waals surface area contributed by atoms with Gasteiger partial charge in [0.05, 0.1) is 0 Å². The van der Waals surface area contributed by atoms with Crippen molar-refractivity contribution in [1.82, 2.24) is 0 Å². The Labute approximate surface area is 124 Å². The van der Waals surface area contributed by atoms with Gasteiger partial charge in [-0.25, -0.2) is 0 Å². The first-order valence-corrected chi connectivity index (χ1v) is 7.97. The average Bonchev–Trinajstić information content (AvgIpc) is 2.43. The average molecular weight is 278 g/mol. The smallest absolute Gasteiger partial charge is 0.303 e. The van der Waals surface area contributed by atoms with Crippen molar-refractivity contribution in [3.8, 4) is 0 Å². The molecule has 0 saturated carbocycles. The Kier molecular flexibility index (Phi) is 14.7. The molecule has 0 amide bonds. The summed E-state index contributed by atoms with van der Waals surface area (Å²) < 4.78 is 0. The Morgan fingerprint density at radius 2 is 1.35 bits per heavy atom. The molecule has 0 aromatic rings. The van der Waals surface area contributed by atoms with Gasteiger partial charge in [0.25, 0.3) is 0 Å². The van der Waals surface area contributed by atoms with Crippen LogP contribution < -0.4 is 0 Å². The fourth-order valence-corrected chi connectivity index (χ4v) is 1.89. The number of rotatable bonds is 13. The number of hydrogen-bond donors (Lipinski definition) is 1. The lowest BCUT2D eigenvalue weighted by Crippen LogP contribution is -1.93. The van der Waals surface area contributed by atoms with Gasteiger partial charge in [-0.15, -0.1) is 0 Å². The molecule has 0 radical (unpaired) electrons. The molecule has 1 N–H and O–H groups in total. The molecule has 0 bridgehead atoms. The molecule has 0 aromatic carbocycles. The highest BCUT2D eigenvalue weighted by atomic mass is 16.4. The van der Waals surface area contributed by atoms with Crippen LogP contribution in [0, 0.1) is 0 Å². The zero-order valence-corrected chi connectivity index (χ0v) is 12.9. The van der Waals surface area contributed by atoms with E-state index in [1.807, 2.05) is 0 Å². The van der Waals surface area contributed by atoms with Gasteiger partial charge in [0, 0.05) is 6.42 Å². The van der Waals surface area contributed by atoms with E-state index in [9.17, 15) is 4.79 Å². The van der Waals surface area contributed by atoms with E-state index in [1.54, 1.807) is 0 Å². The predicted molar refractivity (Wildman–Crippen MR) is 86.9 cm³/mol. The third kappa shape index (κ3) is 16.7. The van der Waals surface area contributed by atoms with Crippen molar-refractivity contribution >= 4 is 5.97 Å². The summed E-state index contributed by atoms with van der Waals surface area (Å²) in [4.78, 5) is 10.3. The van der Waals surface area contributed by atoms with Crippen LogP contribution in [-0.4, -0.2) is 11.1 Å².